The lowest BCUT2D eigenvalue weighted by atomic mass is 9.78. The van der Waals surface area contributed by atoms with Gasteiger partial charge in [0.05, 0.1) is 11.1 Å². The summed E-state index contributed by atoms with van der Waals surface area (Å²) in [4.78, 5) is 19.0. The molecule has 2 unspecified atom stereocenters. The van der Waals surface area contributed by atoms with Crippen LogP contribution in [0.15, 0.2) is 65.3 Å². The molecule has 3 atom stereocenters. The molecule has 0 spiro atoms. The minimum absolute atomic E-state index is 0.0260. The molecular weight excluding hydrogens is 494 g/mol. The summed E-state index contributed by atoms with van der Waals surface area (Å²) in [7, 11) is 1.63. The molecule has 1 amide bonds. The monoisotopic (exact) mass is 520 g/mol. The van der Waals surface area contributed by atoms with Gasteiger partial charge >= 0.3 is 12.4 Å². The largest absolute Gasteiger partial charge is 0.416 e. The lowest BCUT2D eigenvalue weighted by Crippen LogP contribution is -2.45. The Morgan fingerprint density at radius 3 is 2.11 bits per heavy atom. The highest BCUT2D eigenvalue weighted by Crippen LogP contribution is 2.42. The third-order valence-corrected chi connectivity index (χ3v) is 6.76. The first kappa shape index (κ1) is 26.7. The van der Waals surface area contributed by atoms with E-state index in [1.807, 2.05) is 37.3 Å². The third-order valence-electron chi connectivity index (χ3n) is 6.76. The van der Waals surface area contributed by atoms with Gasteiger partial charge in [0.2, 0.25) is 0 Å². The highest BCUT2D eigenvalue weighted by molar-refractivity contribution is 5.95. The fraction of sp³-hybridized carbons (Fsp3) is 0.357. The predicted molar refractivity (Wildman–Crippen MR) is 130 cm³/mol. The molecule has 2 aliphatic heterocycles. The summed E-state index contributed by atoms with van der Waals surface area (Å²) in [6.07, 6.45) is -4.29. The van der Waals surface area contributed by atoms with E-state index in [-0.39, 0.29) is 42.2 Å². The number of benzene rings is 2. The van der Waals surface area contributed by atoms with Crippen molar-refractivity contribution in [2.45, 2.75) is 45.1 Å². The summed E-state index contributed by atoms with van der Waals surface area (Å²) >= 11 is 0. The number of aliphatic imine (C=N–C) groups is 1. The number of carbonyl (C=O) groups excluding carboxylic acids is 1. The molecule has 4 rings (SSSR count). The fourth-order valence-electron chi connectivity index (χ4n) is 4.97. The normalized spacial score (nSPS) is 20.9. The molecule has 196 valence electrons. The van der Waals surface area contributed by atoms with Crippen LogP contribution < -0.4 is 0 Å². The Kier molecular flexibility index (Phi) is 7.10. The van der Waals surface area contributed by atoms with Gasteiger partial charge in [-0.1, -0.05) is 42.8 Å². The quantitative estimate of drug-likeness (QED) is 0.387. The molecule has 2 aromatic carbocycles. The molecule has 2 heterocycles. The van der Waals surface area contributed by atoms with Crippen LogP contribution in [0.4, 0.5) is 26.3 Å². The SMILES string of the molecule is Cc1ccc(C2=C(C[C@@H](C)Cc3cc(C(F)(F)F)cc(C(F)(F)F)c3)N(C)C(=O)C3N=CC=CC23)cc1. The Morgan fingerprint density at radius 2 is 1.54 bits per heavy atom. The molecule has 2 aliphatic rings. The number of rotatable bonds is 5. The zero-order valence-corrected chi connectivity index (χ0v) is 20.5. The first-order valence-corrected chi connectivity index (χ1v) is 11.8. The Labute approximate surface area is 211 Å². The number of hydrogen-bond donors (Lipinski definition) is 0. The summed E-state index contributed by atoms with van der Waals surface area (Å²) < 4.78 is 80.0. The highest BCUT2D eigenvalue weighted by atomic mass is 19.4. The number of fused-ring (bicyclic) bond motifs is 1. The number of amides is 1. The van der Waals surface area contributed by atoms with E-state index >= 15 is 0 Å². The van der Waals surface area contributed by atoms with Crippen molar-refractivity contribution in [2.75, 3.05) is 7.05 Å². The smallest absolute Gasteiger partial charge is 0.317 e. The van der Waals surface area contributed by atoms with Crippen molar-refractivity contribution in [2.24, 2.45) is 16.8 Å². The maximum atomic E-state index is 13.3. The first-order chi connectivity index (χ1) is 17.3. The maximum absolute atomic E-state index is 13.3. The first-order valence-electron chi connectivity index (χ1n) is 11.8. The van der Waals surface area contributed by atoms with Gasteiger partial charge < -0.3 is 4.90 Å². The molecule has 0 radical (unpaired) electrons. The van der Waals surface area contributed by atoms with Crippen molar-refractivity contribution < 1.29 is 31.1 Å². The minimum atomic E-state index is -4.90. The molecule has 0 saturated heterocycles. The van der Waals surface area contributed by atoms with Crippen molar-refractivity contribution in [1.82, 2.24) is 4.90 Å². The molecular formula is C28H26F6N2O. The minimum Gasteiger partial charge on any atom is -0.317 e. The Balaban J connectivity index is 1.72. The number of nitrogens with zero attached hydrogens (tertiary/aromatic N) is 2. The van der Waals surface area contributed by atoms with Gasteiger partial charge in [-0.15, -0.1) is 0 Å². The van der Waals surface area contributed by atoms with Gasteiger partial charge in [0.15, 0.2) is 0 Å². The number of aryl methyl sites for hydroxylation is 1. The second-order valence-electron chi connectivity index (χ2n) is 9.70. The van der Waals surface area contributed by atoms with Crippen LogP contribution in [0.1, 0.15) is 41.2 Å². The van der Waals surface area contributed by atoms with E-state index in [0.717, 1.165) is 28.8 Å². The highest BCUT2D eigenvalue weighted by Gasteiger charge is 2.41. The van der Waals surface area contributed by atoms with Gasteiger partial charge in [0, 0.05) is 24.9 Å². The van der Waals surface area contributed by atoms with Gasteiger partial charge in [-0.25, -0.2) is 0 Å². The maximum Gasteiger partial charge on any atom is 0.416 e. The Bertz CT molecular complexity index is 1240. The topological polar surface area (TPSA) is 32.7 Å². The number of allylic oxidation sites excluding steroid dienone is 2. The van der Waals surface area contributed by atoms with Gasteiger partial charge in [-0.05, 0) is 66.7 Å². The molecule has 37 heavy (non-hydrogen) atoms. The second-order valence-corrected chi connectivity index (χ2v) is 9.70. The van der Waals surface area contributed by atoms with Crippen LogP contribution in [0.3, 0.4) is 0 Å². The van der Waals surface area contributed by atoms with Crippen molar-refractivity contribution in [3.05, 3.63) is 88.1 Å². The average Bonchev–Trinajstić information content (AvgIpc) is 2.82. The van der Waals surface area contributed by atoms with E-state index in [4.69, 9.17) is 0 Å². The molecule has 3 nitrogen and oxygen atoms in total. The van der Waals surface area contributed by atoms with Crippen molar-refractivity contribution in [3.8, 4) is 0 Å². The number of likely N-dealkylation sites (N-methyl/N-ethyl adjacent to an activating group) is 1. The van der Waals surface area contributed by atoms with Crippen molar-refractivity contribution in [1.29, 1.82) is 0 Å². The van der Waals surface area contributed by atoms with Crippen LogP contribution >= 0.6 is 0 Å². The summed E-state index contributed by atoms with van der Waals surface area (Å²) in [5, 5.41) is 0. The number of carbonyl (C=O) groups is 1. The van der Waals surface area contributed by atoms with Gasteiger partial charge in [0.25, 0.3) is 5.91 Å². The van der Waals surface area contributed by atoms with Crippen LogP contribution in [0.25, 0.3) is 5.57 Å². The van der Waals surface area contributed by atoms with Crippen LogP contribution in [-0.2, 0) is 23.6 Å². The van der Waals surface area contributed by atoms with E-state index in [2.05, 4.69) is 4.99 Å². The average molecular weight is 521 g/mol. The number of alkyl halides is 6. The van der Waals surface area contributed by atoms with Gasteiger partial charge in [-0.2, -0.15) is 26.3 Å². The van der Waals surface area contributed by atoms with E-state index in [1.54, 1.807) is 26.3 Å². The summed E-state index contributed by atoms with van der Waals surface area (Å²) in [6, 6.07) is 8.85. The Hall–Kier alpha value is -3.36. The Morgan fingerprint density at radius 1 is 0.946 bits per heavy atom. The molecule has 0 aromatic heterocycles. The zero-order valence-electron chi connectivity index (χ0n) is 20.5. The van der Waals surface area contributed by atoms with Crippen LogP contribution in [-0.4, -0.2) is 30.1 Å². The van der Waals surface area contributed by atoms with Crippen molar-refractivity contribution >= 4 is 17.7 Å². The van der Waals surface area contributed by atoms with E-state index in [0.29, 0.717) is 5.70 Å². The number of halogens is 6. The molecule has 9 heteroatoms. The van der Waals surface area contributed by atoms with Crippen LogP contribution in [0, 0.1) is 18.8 Å². The molecule has 0 N–H and O–H groups in total. The van der Waals surface area contributed by atoms with Gasteiger partial charge in [-0.3, -0.25) is 9.79 Å². The second kappa shape index (κ2) is 9.84. The molecule has 0 bridgehead atoms. The third kappa shape index (κ3) is 5.65. The number of dihydropyridines is 1. The van der Waals surface area contributed by atoms with Gasteiger partial charge in [0.1, 0.15) is 6.04 Å². The standard InChI is InChI=1S/C28H26F6N2O/c1-16-6-8-19(9-7-16)24-22-5-4-10-35-25(22)26(37)36(3)23(24)12-17(2)11-18-13-20(27(29,30)31)15-21(14-18)28(32,33)34/h4-10,13-15,17,22,25H,11-12H2,1-3H3/t17-,22?,25?/m0/s1. The summed E-state index contributed by atoms with van der Waals surface area (Å²) in [6.45, 7) is 3.71. The molecule has 0 aliphatic carbocycles. The summed E-state index contributed by atoms with van der Waals surface area (Å²) in [5.74, 6) is -0.881. The zero-order chi connectivity index (χ0) is 27.1. The van der Waals surface area contributed by atoms with Crippen LogP contribution in [0.2, 0.25) is 0 Å². The van der Waals surface area contributed by atoms with Crippen molar-refractivity contribution in [3.63, 3.8) is 0 Å². The molecule has 0 saturated carbocycles. The fourth-order valence-corrected chi connectivity index (χ4v) is 4.97. The van der Waals surface area contributed by atoms with E-state index in [9.17, 15) is 31.1 Å². The molecule has 0 fully saturated rings. The van der Waals surface area contributed by atoms with E-state index in [1.165, 1.54) is 4.90 Å². The predicted octanol–water partition coefficient (Wildman–Crippen LogP) is 7.11. The molecule has 2 aromatic rings. The lowest BCUT2D eigenvalue weighted by molar-refractivity contribution is -0.143. The lowest BCUT2D eigenvalue weighted by Gasteiger charge is -2.39. The van der Waals surface area contributed by atoms with Crippen LogP contribution in [0.5, 0.6) is 0 Å². The van der Waals surface area contributed by atoms with E-state index < -0.39 is 29.5 Å². The number of hydrogen-bond acceptors (Lipinski definition) is 2. The summed E-state index contributed by atoms with van der Waals surface area (Å²) in [5.41, 5.74) is 0.793.